The summed E-state index contributed by atoms with van der Waals surface area (Å²) in [5.74, 6) is -2.01. The number of rotatable bonds is 7. The Morgan fingerprint density at radius 2 is 1.94 bits per heavy atom. The molecule has 0 unspecified atom stereocenters. The Morgan fingerprint density at radius 3 is 2.56 bits per heavy atom. The van der Waals surface area contributed by atoms with E-state index in [0.717, 1.165) is 64.5 Å². The number of aromatic nitrogens is 1. The zero-order valence-corrected chi connectivity index (χ0v) is 19.8. The van der Waals surface area contributed by atoms with Gasteiger partial charge in [0.15, 0.2) is 0 Å². The second kappa shape index (κ2) is 8.12. The molecule has 2 N–H and O–H groups in total. The number of carbonyl (C=O) groups excluding carboxylic acids is 2. The Morgan fingerprint density at radius 1 is 1.19 bits per heavy atom. The number of carboxylic acids is 1. The summed E-state index contributed by atoms with van der Waals surface area (Å²) in [6.45, 7) is 1.70. The number of pyridine rings is 1. The molecule has 0 radical (unpaired) electrons. The quantitative estimate of drug-likeness (QED) is 0.546. The smallest absolute Gasteiger partial charge is 0.307 e. The average molecular weight is 504 g/mol. The monoisotopic (exact) mass is 503 g/mol. The van der Waals surface area contributed by atoms with E-state index in [4.69, 9.17) is 0 Å². The normalized spacial score (nSPS) is 31.8. The lowest BCUT2D eigenvalue weighted by Gasteiger charge is -2.39. The first-order chi connectivity index (χ1) is 15.4. The van der Waals surface area contributed by atoms with E-state index >= 15 is 0 Å². The van der Waals surface area contributed by atoms with Crippen molar-refractivity contribution in [2.24, 2.45) is 28.6 Å². The van der Waals surface area contributed by atoms with Gasteiger partial charge in [0, 0.05) is 19.5 Å². The third kappa shape index (κ3) is 3.37. The minimum Gasteiger partial charge on any atom is -0.481 e. The van der Waals surface area contributed by atoms with Gasteiger partial charge < -0.3 is 15.3 Å². The van der Waals surface area contributed by atoms with E-state index in [-0.39, 0.29) is 28.6 Å². The first-order valence-electron chi connectivity index (χ1n) is 11.8. The number of likely N-dealkylation sites (tertiary alicyclic amines) is 1. The maximum absolute atomic E-state index is 13.5. The third-order valence-corrected chi connectivity index (χ3v) is 9.28. The van der Waals surface area contributed by atoms with Crippen molar-refractivity contribution in [2.75, 3.05) is 18.4 Å². The molecule has 3 saturated carbocycles. The van der Waals surface area contributed by atoms with Crippen molar-refractivity contribution in [3.63, 3.8) is 0 Å². The molecule has 7 nitrogen and oxygen atoms in total. The summed E-state index contributed by atoms with van der Waals surface area (Å²) in [6, 6.07) is 3.53. The van der Waals surface area contributed by atoms with Crippen LogP contribution in [-0.2, 0) is 14.4 Å². The van der Waals surface area contributed by atoms with Crippen LogP contribution in [0.15, 0.2) is 22.9 Å². The van der Waals surface area contributed by atoms with Gasteiger partial charge in [0.25, 0.3) is 0 Å². The Kier molecular flexibility index (Phi) is 5.55. The summed E-state index contributed by atoms with van der Waals surface area (Å²) in [4.78, 5) is 44.6. The Bertz CT molecular complexity index is 926. The molecule has 1 aromatic heterocycles. The predicted octanol–water partition coefficient (Wildman–Crippen LogP) is 4.08. The highest BCUT2D eigenvalue weighted by Crippen LogP contribution is 2.82. The molecule has 2 amide bonds. The third-order valence-electron chi connectivity index (χ3n) is 8.81. The first-order valence-corrected chi connectivity index (χ1v) is 12.6. The van der Waals surface area contributed by atoms with E-state index in [1.54, 1.807) is 18.3 Å². The van der Waals surface area contributed by atoms with Crippen molar-refractivity contribution in [2.45, 2.75) is 57.8 Å². The lowest BCUT2D eigenvalue weighted by molar-refractivity contribution is -0.150. The largest absolute Gasteiger partial charge is 0.481 e. The maximum atomic E-state index is 13.5. The molecule has 4 aliphatic rings. The Labute approximate surface area is 196 Å². The number of halogens is 1. The van der Waals surface area contributed by atoms with Crippen LogP contribution in [0, 0.1) is 28.6 Å². The molecule has 8 heteroatoms. The highest BCUT2D eigenvalue weighted by atomic mass is 79.9. The number of nitrogens with one attached hydrogen (secondary N) is 1. The van der Waals surface area contributed by atoms with Crippen LogP contribution in [0.1, 0.15) is 57.8 Å². The maximum Gasteiger partial charge on any atom is 0.307 e. The van der Waals surface area contributed by atoms with Crippen LogP contribution in [0.25, 0.3) is 0 Å². The van der Waals surface area contributed by atoms with E-state index < -0.39 is 17.8 Å². The van der Waals surface area contributed by atoms with Gasteiger partial charge in [-0.05, 0) is 96.2 Å². The number of anilines is 1. The van der Waals surface area contributed by atoms with E-state index in [2.05, 4.69) is 26.2 Å². The van der Waals surface area contributed by atoms with Gasteiger partial charge in [0.2, 0.25) is 11.8 Å². The van der Waals surface area contributed by atoms with Gasteiger partial charge in [-0.1, -0.05) is 0 Å². The van der Waals surface area contributed by atoms with Crippen LogP contribution < -0.4 is 5.32 Å². The highest BCUT2D eigenvalue weighted by molar-refractivity contribution is 9.10. The molecule has 4 atom stereocenters. The standard InChI is InChI=1S/C24H30BrN3O4/c25-17-6-5-15(14-26-17)27-21(30)20-19(22(31)32)16-7-9-24(20,23(16)10-11-23)8-3-4-18(29)28-12-1-2-13-28/h5-6,14,16,19-20H,1-4,7-13H2,(H,27,30)(H,31,32)/t16-,19-,20+,24+/m1/s1. The molecule has 1 saturated heterocycles. The molecule has 2 bridgehead atoms. The van der Waals surface area contributed by atoms with Crippen molar-refractivity contribution in [3.05, 3.63) is 22.9 Å². The van der Waals surface area contributed by atoms with Gasteiger partial charge in [0.1, 0.15) is 4.60 Å². The zero-order chi connectivity index (χ0) is 22.5. The van der Waals surface area contributed by atoms with Crippen LogP contribution >= 0.6 is 15.9 Å². The number of carboxylic acid groups (broad SMARTS) is 1. The summed E-state index contributed by atoms with van der Waals surface area (Å²) >= 11 is 3.30. The van der Waals surface area contributed by atoms with E-state index in [9.17, 15) is 19.5 Å². The molecule has 1 aliphatic heterocycles. The van der Waals surface area contributed by atoms with Crippen molar-refractivity contribution in [3.8, 4) is 0 Å². The van der Waals surface area contributed by atoms with Gasteiger partial charge in [-0.3, -0.25) is 14.4 Å². The molecule has 5 rings (SSSR count). The number of carbonyl (C=O) groups is 3. The molecule has 4 fully saturated rings. The van der Waals surface area contributed by atoms with E-state index in [1.165, 1.54) is 0 Å². The fourth-order valence-corrected chi connectivity index (χ4v) is 7.72. The molecule has 1 aromatic rings. The molecule has 32 heavy (non-hydrogen) atoms. The van der Waals surface area contributed by atoms with Gasteiger partial charge >= 0.3 is 5.97 Å². The summed E-state index contributed by atoms with van der Waals surface area (Å²) in [5, 5.41) is 13.1. The molecule has 3 aliphatic carbocycles. The van der Waals surface area contributed by atoms with Gasteiger partial charge in [-0.25, -0.2) is 4.98 Å². The Hall–Kier alpha value is -1.96. The van der Waals surface area contributed by atoms with Crippen molar-refractivity contribution in [1.29, 1.82) is 0 Å². The topological polar surface area (TPSA) is 99.6 Å². The molecule has 2 heterocycles. The summed E-state index contributed by atoms with van der Waals surface area (Å²) in [6.07, 6.45) is 9.47. The van der Waals surface area contributed by atoms with Gasteiger partial charge in [-0.2, -0.15) is 0 Å². The predicted molar refractivity (Wildman–Crippen MR) is 122 cm³/mol. The van der Waals surface area contributed by atoms with Crippen LogP contribution in [-0.4, -0.2) is 45.9 Å². The minimum atomic E-state index is -0.856. The van der Waals surface area contributed by atoms with Crippen LogP contribution in [0.4, 0.5) is 5.69 Å². The number of hydrogen-bond acceptors (Lipinski definition) is 4. The lowest BCUT2D eigenvalue weighted by atomic mass is 9.64. The first kappa shape index (κ1) is 21.9. The number of amides is 2. The fraction of sp³-hybridized carbons (Fsp3) is 0.667. The summed E-state index contributed by atoms with van der Waals surface area (Å²) < 4.78 is 0.676. The molecule has 1 spiro atoms. The molecule has 172 valence electrons. The fourth-order valence-electron chi connectivity index (χ4n) is 7.48. The van der Waals surface area contributed by atoms with Crippen molar-refractivity contribution in [1.82, 2.24) is 9.88 Å². The van der Waals surface area contributed by atoms with E-state index in [1.807, 2.05) is 4.90 Å². The second-order valence-electron chi connectivity index (χ2n) is 10.1. The van der Waals surface area contributed by atoms with Gasteiger partial charge in [0.05, 0.1) is 23.7 Å². The molecular weight excluding hydrogens is 474 g/mol. The molecule has 0 aromatic carbocycles. The Balaban J connectivity index is 1.37. The number of aliphatic carboxylic acids is 1. The van der Waals surface area contributed by atoms with Crippen LogP contribution in [0.2, 0.25) is 0 Å². The van der Waals surface area contributed by atoms with E-state index in [0.29, 0.717) is 16.7 Å². The minimum absolute atomic E-state index is 0.0350. The summed E-state index contributed by atoms with van der Waals surface area (Å²) in [7, 11) is 0. The molecular formula is C24H30BrN3O4. The van der Waals surface area contributed by atoms with Gasteiger partial charge in [-0.15, -0.1) is 0 Å². The second-order valence-corrected chi connectivity index (χ2v) is 10.9. The van der Waals surface area contributed by atoms with Crippen LogP contribution in [0.5, 0.6) is 0 Å². The SMILES string of the molecule is O=C(O)[C@@H]1[C@H]2CC[C@@](CCCC(=O)N3CCCC3)([C@@H]1C(=O)Nc1ccc(Br)nc1)C21CC1. The van der Waals surface area contributed by atoms with Crippen LogP contribution in [0.3, 0.4) is 0 Å². The summed E-state index contributed by atoms with van der Waals surface area (Å²) in [5.41, 5.74) is 0.223. The number of hydrogen-bond donors (Lipinski definition) is 2. The van der Waals surface area contributed by atoms with Crippen molar-refractivity contribution >= 4 is 39.4 Å². The number of nitrogens with zero attached hydrogens (tertiary/aromatic N) is 2. The van der Waals surface area contributed by atoms with Crippen molar-refractivity contribution < 1.29 is 19.5 Å². The zero-order valence-electron chi connectivity index (χ0n) is 18.2. The lowest BCUT2D eigenvalue weighted by Crippen LogP contribution is -2.44. The average Bonchev–Trinajstić information content (AvgIpc) is 3.18. The highest BCUT2D eigenvalue weighted by Gasteiger charge is 2.78.